The molecule has 0 unspecified atom stereocenters. The van der Waals surface area contributed by atoms with E-state index in [1.807, 2.05) is 12.1 Å². The SMILES string of the molecule is c1ccc(-c2cc(-c3ccccc3)cc(-c3ccc(N(c4ccccc4-c4ccc5c(c4)oc4ccccc45)c4cccc5oc6c7ccccc7ccc6c45)cc3)c2)cc1. The van der Waals surface area contributed by atoms with Crippen LogP contribution in [0, 0.1) is 0 Å². The largest absolute Gasteiger partial charge is 0.456 e. The second kappa shape index (κ2) is 14.3. The summed E-state index contributed by atoms with van der Waals surface area (Å²) in [4.78, 5) is 2.39. The lowest BCUT2D eigenvalue weighted by molar-refractivity contribution is 0.669. The Morgan fingerprint density at radius 3 is 1.61 bits per heavy atom. The molecule has 0 N–H and O–H groups in total. The molecule has 0 aliphatic heterocycles. The van der Waals surface area contributed by atoms with E-state index in [4.69, 9.17) is 8.83 Å². The lowest BCUT2D eigenvalue weighted by Gasteiger charge is -2.28. The Labute approximate surface area is 353 Å². The molecular weight excluding hydrogens is 743 g/mol. The first-order chi connectivity index (χ1) is 30.2. The fraction of sp³-hybridized carbons (Fsp3) is 0. The summed E-state index contributed by atoms with van der Waals surface area (Å²) >= 11 is 0. The Balaban J connectivity index is 1.06. The number of anilines is 3. The molecular formula is C58H37NO2. The van der Waals surface area contributed by atoms with Gasteiger partial charge in [0.25, 0.3) is 0 Å². The fourth-order valence-corrected chi connectivity index (χ4v) is 9.13. The van der Waals surface area contributed by atoms with Crippen LogP contribution in [0.3, 0.4) is 0 Å². The minimum atomic E-state index is 0.845. The monoisotopic (exact) mass is 779 g/mol. The molecule has 286 valence electrons. The number of fused-ring (bicyclic) bond motifs is 8. The van der Waals surface area contributed by atoms with Crippen LogP contribution in [-0.4, -0.2) is 0 Å². The van der Waals surface area contributed by atoms with Crippen molar-refractivity contribution in [1.29, 1.82) is 0 Å². The Bertz CT molecular complexity index is 3520. The Hall–Kier alpha value is -8.14. The van der Waals surface area contributed by atoms with Crippen molar-refractivity contribution in [3.05, 3.63) is 224 Å². The predicted molar refractivity (Wildman–Crippen MR) is 255 cm³/mol. The summed E-state index contributed by atoms with van der Waals surface area (Å²) in [6.45, 7) is 0. The molecule has 12 rings (SSSR count). The number of benzene rings is 10. The summed E-state index contributed by atoms with van der Waals surface area (Å²) in [7, 11) is 0. The maximum Gasteiger partial charge on any atom is 0.143 e. The van der Waals surface area contributed by atoms with E-state index < -0.39 is 0 Å². The summed E-state index contributed by atoms with van der Waals surface area (Å²) in [5.74, 6) is 0. The van der Waals surface area contributed by atoms with Crippen molar-refractivity contribution in [2.45, 2.75) is 0 Å². The molecule has 0 amide bonds. The van der Waals surface area contributed by atoms with Crippen LogP contribution in [0.15, 0.2) is 233 Å². The van der Waals surface area contributed by atoms with Crippen molar-refractivity contribution >= 4 is 71.7 Å². The lowest BCUT2D eigenvalue weighted by Crippen LogP contribution is -2.11. The summed E-state index contributed by atoms with van der Waals surface area (Å²) in [6, 6.07) is 80.0. The molecule has 0 atom stereocenters. The number of para-hydroxylation sites is 2. The average molecular weight is 780 g/mol. The van der Waals surface area contributed by atoms with E-state index in [0.29, 0.717) is 0 Å². The van der Waals surface area contributed by atoms with Gasteiger partial charge in [-0.15, -0.1) is 0 Å². The molecule has 0 aliphatic rings. The minimum absolute atomic E-state index is 0.845. The highest BCUT2D eigenvalue weighted by Crippen LogP contribution is 2.47. The summed E-state index contributed by atoms with van der Waals surface area (Å²) in [5, 5.41) is 6.63. The molecule has 0 aliphatic carbocycles. The normalized spacial score (nSPS) is 11.6. The van der Waals surface area contributed by atoms with Crippen LogP contribution in [-0.2, 0) is 0 Å². The van der Waals surface area contributed by atoms with Gasteiger partial charge in [-0.1, -0.05) is 152 Å². The third-order valence-corrected chi connectivity index (χ3v) is 12.0. The van der Waals surface area contributed by atoms with Gasteiger partial charge in [0.1, 0.15) is 22.3 Å². The zero-order valence-corrected chi connectivity index (χ0v) is 33.1. The van der Waals surface area contributed by atoms with Crippen molar-refractivity contribution < 1.29 is 8.83 Å². The van der Waals surface area contributed by atoms with Gasteiger partial charge in [-0.3, -0.25) is 0 Å². The molecule has 0 spiro atoms. The van der Waals surface area contributed by atoms with Crippen molar-refractivity contribution in [2.75, 3.05) is 4.90 Å². The second-order valence-corrected chi connectivity index (χ2v) is 15.7. The van der Waals surface area contributed by atoms with Gasteiger partial charge in [0.05, 0.1) is 16.8 Å². The third kappa shape index (κ3) is 5.98. The van der Waals surface area contributed by atoms with Gasteiger partial charge in [0.2, 0.25) is 0 Å². The molecule has 61 heavy (non-hydrogen) atoms. The van der Waals surface area contributed by atoms with Crippen LogP contribution in [0.2, 0.25) is 0 Å². The fourth-order valence-electron chi connectivity index (χ4n) is 9.13. The maximum absolute atomic E-state index is 6.75. The molecule has 2 heterocycles. The van der Waals surface area contributed by atoms with Crippen molar-refractivity contribution in [3.8, 4) is 44.5 Å². The number of hydrogen-bond acceptors (Lipinski definition) is 3. The van der Waals surface area contributed by atoms with E-state index in [2.05, 4.69) is 217 Å². The highest BCUT2D eigenvalue weighted by Gasteiger charge is 2.23. The second-order valence-electron chi connectivity index (χ2n) is 15.7. The van der Waals surface area contributed by atoms with Gasteiger partial charge < -0.3 is 13.7 Å². The number of furan rings is 2. The quantitative estimate of drug-likeness (QED) is 0.161. The van der Waals surface area contributed by atoms with E-state index in [9.17, 15) is 0 Å². The summed E-state index contributed by atoms with van der Waals surface area (Å²) < 4.78 is 13.2. The third-order valence-electron chi connectivity index (χ3n) is 12.0. The summed E-state index contributed by atoms with van der Waals surface area (Å²) in [5.41, 5.74) is 15.8. The zero-order valence-electron chi connectivity index (χ0n) is 33.1. The van der Waals surface area contributed by atoms with E-state index in [0.717, 1.165) is 94.0 Å². The van der Waals surface area contributed by atoms with Gasteiger partial charge in [-0.2, -0.15) is 0 Å². The topological polar surface area (TPSA) is 29.5 Å². The first-order valence-corrected chi connectivity index (χ1v) is 20.7. The molecule has 0 saturated heterocycles. The van der Waals surface area contributed by atoms with Crippen molar-refractivity contribution in [3.63, 3.8) is 0 Å². The Morgan fingerprint density at radius 2 is 0.852 bits per heavy atom. The highest BCUT2D eigenvalue weighted by molar-refractivity contribution is 6.20. The number of nitrogens with zero attached hydrogens (tertiary/aromatic N) is 1. The molecule has 0 radical (unpaired) electrons. The average Bonchev–Trinajstić information content (AvgIpc) is 3.91. The summed E-state index contributed by atoms with van der Waals surface area (Å²) in [6.07, 6.45) is 0. The lowest BCUT2D eigenvalue weighted by atomic mass is 9.93. The molecule has 3 heteroatoms. The zero-order chi connectivity index (χ0) is 40.3. The molecule has 12 aromatic rings. The van der Waals surface area contributed by atoms with Crippen LogP contribution in [0.1, 0.15) is 0 Å². The van der Waals surface area contributed by atoms with Gasteiger partial charge in [-0.25, -0.2) is 0 Å². The van der Waals surface area contributed by atoms with Gasteiger partial charge in [0, 0.05) is 32.8 Å². The van der Waals surface area contributed by atoms with Crippen molar-refractivity contribution in [2.24, 2.45) is 0 Å². The smallest absolute Gasteiger partial charge is 0.143 e. The Kier molecular flexibility index (Phi) is 8.17. The van der Waals surface area contributed by atoms with E-state index >= 15 is 0 Å². The van der Waals surface area contributed by atoms with Crippen LogP contribution in [0.25, 0.3) is 99.2 Å². The van der Waals surface area contributed by atoms with Gasteiger partial charge in [0.15, 0.2) is 0 Å². The van der Waals surface area contributed by atoms with Crippen LogP contribution in [0.4, 0.5) is 17.1 Å². The van der Waals surface area contributed by atoms with Crippen LogP contribution in [0.5, 0.6) is 0 Å². The van der Waals surface area contributed by atoms with Crippen LogP contribution >= 0.6 is 0 Å². The van der Waals surface area contributed by atoms with Gasteiger partial charge >= 0.3 is 0 Å². The molecule has 0 fully saturated rings. The first kappa shape index (κ1) is 34.9. The predicted octanol–water partition coefficient (Wildman–Crippen LogP) is 16.8. The Morgan fingerprint density at radius 1 is 0.295 bits per heavy atom. The maximum atomic E-state index is 6.75. The standard InChI is InChI=1S/C58H37NO2/c1-3-14-38(15-4-1)43-34-44(39-16-5-2-6-17-39)36-45(35-43)40-26-30-46(31-27-40)59(53-23-13-25-55-57(53)51-33-28-41-18-7-8-20-48(41)58(51)61-55)52-22-11-9-19-47(52)42-29-32-50-49-21-10-12-24-54(49)60-56(50)37-42/h1-37H. The molecule has 0 saturated carbocycles. The van der Waals surface area contributed by atoms with Gasteiger partial charge in [-0.05, 0) is 117 Å². The minimum Gasteiger partial charge on any atom is -0.456 e. The first-order valence-electron chi connectivity index (χ1n) is 20.7. The molecule has 10 aromatic carbocycles. The van der Waals surface area contributed by atoms with Crippen LogP contribution < -0.4 is 4.90 Å². The molecule has 0 bridgehead atoms. The highest BCUT2D eigenvalue weighted by atomic mass is 16.3. The van der Waals surface area contributed by atoms with E-state index in [-0.39, 0.29) is 0 Å². The number of hydrogen-bond donors (Lipinski definition) is 0. The van der Waals surface area contributed by atoms with Crippen molar-refractivity contribution in [1.82, 2.24) is 0 Å². The number of rotatable bonds is 7. The van der Waals surface area contributed by atoms with E-state index in [1.54, 1.807) is 0 Å². The molecule has 2 aromatic heterocycles. The van der Waals surface area contributed by atoms with E-state index in [1.165, 1.54) is 22.3 Å². The molecule has 3 nitrogen and oxygen atoms in total.